The number of aromatic nitrogens is 1. The molecule has 2 heterocycles. The first-order chi connectivity index (χ1) is 14.2. The van der Waals surface area contributed by atoms with Gasteiger partial charge in [0, 0.05) is 31.1 Å². The molecule has 0 atom stereocenters. The van der Waals surface area contributed by atoms with Gasteiger partial charge < -0.3 is 25.4 Å². The second kappa shape index (κ2) is 8.63. The van der Waals surface area contributed by atoms with E-state index in [2.05, 4.69) is 27.0 Å². The average Bonchev–Trinajstić information content (AvgIpc) is 3.21. The van der Waals surface area contributed by atoms with Crippen LogP contribution in [0.2, 0.25) is 0 Å². The first-order valence-electron chi connectivity index (χ1n) is 9.17. The van der Waals surface area contributed by atoms with Crippen LogP contribution < -0.4 is 25.4 Å². The predicted molar refractivity (Wildman–Crippen MR) is 115 cm³/mol. The molecule has 0 saturated heterocycles. The molecule has 0 bridgehead atoms. The number of nitrogens with zero attached hydrogens (tertiary/aromatic N) is 2. The molecule has 0 fully saturated rings. The summed E-state index contributed by atoms with van der Waals surface area (Å²) in [6, 6.07) is 17.7. The molecule has 0 aliphatic carbocycles. The van der Waals surface area contributed by atoms with Gasteiger partial charge in [0.1, 0.15) is 11.9 Å². The zero-order valence-electron chi connectivity index (χ0n) is 15.6. The van der Waals surface area contributed by atoms with Crippen molar-refractivity contribution in [3.05, 3.63) is 59.7 Å². The fourth-order valence-corrected chi connectivity index (χ4v) is 3.16. The van der Waals surface area contributed by atoms with E-state index in [4.69, 9.17) is 21.7 Å². The highest BCUT2D eigenvalue weighted by Crippen LogP contribution is 2.36. The van der Waals surface area contributed by atoms with Crippen molar-refractivity contribution < 1.29 is 9.47 Å². The number of pyridine rings is 1. The molecule has 7 nitrogen and oxygen atoms in total. The van der Waals surface area contributed by atoms with Crippen LogP contribution in [0.4, 0.5) is 5.82 Å². The number of thiocarbonyl (C=S) groups is 1. The molecule has 1 aromatic heterocycles. The van der Waals surface area contributed by atoms with Crippen LogP contribution in [0.25, 0.3) is 10.9 Å². The number of fused-ring (bicyclic) bond motifs is 2. The van der Waals surface area contributed by atoms with Crippen LogP contribution in [0.5, 0.6) is 11.5 Å². The van der Waals surface area contributed by atoms with Gasteiger partial charge in [-0.05, 0) is 29.9 Å². The van der Waals surface area contributed by atoms with Gasteiger partial charge in [0.2, 0.25) is 6.79 Å². The highest BCUT2D eigenvalue weighted by atomic mass is 32.1. The molecule has 0 unspecified atom stereocenters. The van der Waals surface area contributed by atoms with Gasteiger partial charge in [0.05, 0.1) is 11.1 Å². The van der Waals surface area contributed by atoms with Gasteiger partial charge in [0.15, 0.2) is 16.6 Å². The van der Waals surface area contributed by atoms with Crippen molar-refractivity contribution in [1.29, 1.82) is 5.26 Å². The maximum atomic E-state index is 9.46. The minimum atomic E-state index is 0.200. The summed E-state index contributed by atoms with van der Waals surface area (Å²) in [4.78, 5) is 4.57. The Labute approximate surface area is 173 Å². The molecule has 0 spiro atoms. The Balaban J connectivity index is 1.32. The lowest BCUT2D eigenvalue weighted by atomic mass is 10.1. The normalized spacial score (nSPS) is 11.7. The van der Waals surface area contributed by atoms with E-state index in [0.29, 0.717) is 47.6 Å². The fourth-order valence-electron chi connectivity index (χ4n) is 2.98. The molecule has 1 aliphatic heterocycles. The maximum absolute atomic E-state index is 9.46. The van der Waals surface area contributed by atoms with Crippen LogP contribution in [0.15, 0.2) is 48.5 Å². The Kier molecular flexibility index (Phi) is 5.59. The van der Waals surface area contributed by atoms with E-state index in [9.17, 15) is 5.26 Å². The van der Waals surface area contributed by atoms with E-state index in [1.807, 2.05) is 42.5 Å². The molecule has 3 aromatic rings. The van der Waals surface area contributed by atoms with Gasteiger partial charge in [-0.1, -0.05) is 30.3 Å². The Morgan fingerprint density at radius 1 is 1.07 bits per heavy atom. The van der Waals surface area contributed by atoms with Gasteiger partial charge in [0.25, 0.3) is 0 Å². The third-order valence-corrected chi connectivity index (χ3v) is 4.72. The van der Waals surface area contributed by atoms with Gasteiger partial charge in [-0.15, -0.1) is 0 Å². The lowest BCUT2D eigenvalue weighted by Crippen LogP contribution is -2.37. The number of hydrogen-bond acceptors (Lipinski definition) is 6. The van der Waals surface area contributed by atoms with Crippen molar-refractivity contribution in [2.24, 2.45) is 0 Å². The summed E-state index contributed by atoms with van der Waals surface area (Å²) >= 11 is 5.30. The average molecular weight is 405 g/mol. The third kappa shape index (κ3) is 4.47. The Bertz CT molecular complexity index is 1080. The SMILES string of the molecule is N#Cc1cc2cc3c(cc2nc1NCCNC(=S)NCc1ccccc1)OCO3. The lowest BCUT2D eigenvalue weighted by molar-refractivity contribution is 0.174. The zero-order chi connectivity index (χ0) is 20.1. The van der Waals surface area contributed by atoms with Crippen molar-refractivity contribution in [2.45, 2.75) is 6.54 Å². The quantitative estimate of drug-likeness (QED) is 0.426. The largest absolute Gasteiger partial charge is 0.454 e. The van der Waals surface area contributed by atoms with Crippen molar-refractivity contribution in [2.75, 3.05) is 25.2 Å². The predicted octanol–water partition coefficient (Wildman–Crippen LogP) is 2.91. The Morgan fingerprint density at radius 2 is 1.86 bits per heavy atom. The maximum Gasteiger partial charge on any atom is 0.231 e. The molecule has 29 heavy (non-hydrogen) atoms. The van der Waals surface area contributed by atoms with Crippen molar-refractivity contribution in [3.63, 3.8) is 0 Å². The molecule has 1 aliphatic rings. The Morgan fingerprint density at radius 3 is 2.66 bits per heavy atom. The highest BCUT2D eigenvalue weighted by molar-refractivity contribution is 7.80. The molecule has 0 amide bonds. The van der Waals surface area contributed by atoms with Crippen molar-refractivity contribution in [3.8, 4) is 17.6 Å². The summed E-state index contributed by atoms with van der Waals surface area (Å²) < 4.78 is 10.8. The molecular formula is C21H19N5O2S. The summed E-state index contributed by atoms with van der Waals surface area (Å²) in [6.07, 6.45) is 0. The summed E-state index contributed by atoms with van der Waals surface area (Å²) in [5.41, 5.74) is 2.37. The van der Waals surface area contributed by atoms with Gasteiger partial charge in [-0.3, -0.25) is 0 Å². The van der Waals surface area contributed by atoms with E-state index in [0.717, 1.165) is 16.5 Å². The lowest BCUT2D eigenvalue weighted by Gasteiger charge is -2.12. The topological polar surface area (TPSA) is 91.2 Å². The summed E-state index contributed by atoms with van der Waals surface area (Å²) in [5.74, 6) is 1.87. The van der Waals surface area contributed by atoms with Gasteiger partial charge in [-0.25, -0.2) is 4.98 Å². The second-order valence-electron chi connectivity index (χ2n) is 6.42. The van der Waals surface area contributed by atoms with Crippen LogP contribution in [-0.4, -0.2) is 30.0 Å². The summed E-state index contributed by atoms with van der Waals surface area (Å²) in [6.45, 7) is 2.02. The van der Waals surface area contributed by atoms with Crippen LogP contribution in [0.3, 0.4) is 0 Å². The first-order valence-corrected chi connectivity index (χ1v) is 9.58. The number of anilines is 1. The first kappa shape index (κ1) is 18.8. The monoisotopic (exact) mass is 405 g/mol. The highest BCUT2D eigenvalue weighted by Gasteiger charge is 2.16. The molecule has 146 valence electrons. The molecular weight excluding hydrogens is 386 g/mol. The number of benzene rings is 2. The van der Waals surface area contributed by atoms with Gasteiger partial charge >= 0.3 is 0 Å². The molecule has 4 rings (SSSR count). The number of ether oxygens (including phenoxy) is 2. The summed E-state index contributed by atoms with van der Waals surface area (Å²) in [7, 11) is 0. The molecule has 0 saturated carbocycles. The van der Waals surface area contributed by atoms with Crippen molar-refractivity contribution in [1.82, 2.24) is 15.6 Å². The van der Waals surface area contributed by atoms with E-state index >= 15 is 0 Å². The molecule has 3 N–H and O–H groups in total. The van der Waals surface area contributed by atoms with E-state index in [1.54, 1.807) is 6.07 Å². The van der Waals surface area contributed by atoms with Gasteiger partial charge in [-0.2, -0.15) is 5.26 Å². The van der Waals surface area contributed by atoms with Crippen LogP contribution in [-0.2, 0) is 6.54 Å². The van der Waals surface area contributed by atoms with Crippen LogP contribution >= 0.6 is 12.2 Å². The smallest absolute Gasteiger partial charge is 0.231 e. The zero-order valence-corrected chi connectivity index (χ0v) is 16.4. The van der Waals surface area contributed by atoms with Crippen LogP contribution in [0.1, 0.15) is 11.1 Å². The van der Waals surface area contributed by atoms with Crippen molar-refractivity contribution >= 4 is 34.1 Å². The number of nitrogens with one attached hydrogen (secondary N) is 3. The van der Waals surface area contributed by atoms with E-state index < -0.39 is 0 Å². The standard InChI is InChI=1S/C21H19N5O2S/c22-11-16-8-15-9-18-19(28-13-27-18)10-17(15)26-20(16)23-6-7-24-21(29)25-12-14-4-2-1-3-5-14/h1-5,8-10H,6-7,12-13H2,(H,23,26)(H2,24,25,29). The minimum absolute atomic E-state index is 0.200. The number of rotatable bonds is 6. The third-order valence-electron chi connectivity index (χ3n) is 4.43. The molecule has 2 aromatic carbocycles. The number of nitriles is 1. The summed E-state index contributed by atoms with van der Waals surface area (Å²) in [5, 5.41) is 20.4. The fraction of sp³-hybridized carbons (Fsp3) is 0.190. The van der Waals surface area contributed by atoms with E-state index in [1.165, 1.54) is 0 Å². The molecule has 8 heteroatoms. The molecule has 0 radical (unpaired) electrons. The Hall–Kier alpha value is -3.57. The minimum Gasteiger partial charge on any atom is -0.454 e. The second-order valence-corrected chi connectivity index (χ2v) is 6.82. The van der Waals surface area contributed by atoms with E-state index in [-0.39, 0.29) is 6.79 Å². The number of hydrogen-bond donors (Lipinski definition) is 3. The van der Waals surface area contributed by atoms with Crippen LogP contribution in [0, 0.1) is 11.3 Å².